The highest BCUT2D eigenvalue weighted by molar-refractivity contribution is 5.10. The van der Waals surface area contributed by atoms with Crippen molar-refractivity contribution < 1.29 is 0 Å². The Morgan fingerprint density at radius 2 is 2.15 bits per heavy atom. The van der Waals surface area contributed by atoms with Crippen molar-refractivity contribution in [2.24, 2.45) is 7.05 Å². The van der Waals surface area contributed by atoms with E-state index in [9.17, 15) is 0 Å². The van der Waals surface area contributed by atoms with Gasteiger partial charge in [-0.3, -0.25) is 0 Å². The number of rotatable bonds is 1. The zero-order chi connectivity index (χ0) is 9.26. The van der Waals surface area contributed by atoms with E-state index >= 15 is 0 Å². The van der Waals surface area contributed by atoms with Crippen molar-refractivity contribution >= 4 is 0 Å². The van der Waals surface area contributed by atoms with E-state index in [2.05, 4.69) is 28.8 Å². The topological polar surface area (TPSA) is 29.9 Å². The Morgan fingerprint density at radius 1 is 1.46 bits per heavy atom. The third-order valence-electron chi connectivity index (χ3n) is 3.01. The summed E-state index contributed by atoms with van der Waals surface area (Å²) >= 11 is 0. The molecule has 0 unspecified atom stereocenters. The lowest BCUT2D eigenvalue weighted by Crippen LogP contribution is -2.27. The van der Waals surface area contributed by atoms with Gasteiger partial charge in [0.15, 0.2) is 0 Å². The summed E-state index contributed by atoms with van der Waals surface area (Å²) in [6.07, 6.45) is 4.53. The molecular weight excluding hydrogens is 162 g/mol. The van der Waals surface area contributed by atoms with E-state index < -0.39 is 0 Å². The molecule has 0 radical (unpaired) electrons. The average Bonchev–Trinajstić information content (AvgIpc) is 2.49. The largest absolute Gasteiger partial charge is 0.335 e. The molecule has 1 N–H and O–H groups in total. The number of hydrogen-bond donors (Lipinski definition) is 1. The Labute approximate surface area is 79.2 Å². The molecule has 13 heavy (non-hydrogen) atoms. The van der Waals surface area contributed by atoms with Crippen molar-refractivity contribution in [1.29, 1.82) is 0 Å². The van der Waals surface area contributed by atoms with Gasteiger partial charge in [0.1, 0.15) is 5.82 Å². The van der Waals surface area contributed by atoms with Crippen LogP contribution in [-0.4, -0.2) is 22.6 Å². The van der Waals surface area contributed by atoms with E-state index in [4.69, 9.17) is 0 Å². The number of nitrogens with one attached hydrogen (secondary N) is 1. The van der Waals surface area contributed by atoms with Crippen molar-refractivity contribution in [3.8, 4) is 0 Å². The molecule has 2 heterocycles. The minimum atomic E-state index is 0.715. The van der Waals surface area contributed by atoms with Gasteiger partial charge in [0.2, 0.25) is 0 Å². The van der Waals surface area contributed by atoms with Crippen molar-refractivity contribution in [1.82, 2.24) is 14.9 Å². The van der Waals surface area contributed by atoms with Gasteiger partial charge in [0.05, 0.1) is 0 Å². The number of piperidine rings is 1. The molecule has 0 amide bonds. The molecule has 0 atom stereocenters. The molecule has 1 aliphatic heterocycles. The first kappa shape index (κ1) is 8.75. The Balaban J connectivity index is 2.18. The first-order chi connectivity index (χ1) is 6.29. The molecule has 1 aromatic heterocycles. The molecule has 1 aliphatic rings. The van der Waals surface area contributed by atoms with Gasteiger partial charge in [-0.15, -0.1) is 0 Å². The number of nitrogens with zero attached hydrogens (tertiary/aromatic N) is 2. The highest BCUT2D eigenvalue weighted by atomic mass is 15.1. The second-order valence-corrected chi connectivity index (χ2v) is 3.81. The maximum absolute atomic E-state index is 4.33. The zero-order valence-corrected chi connectivity index (χ0v) is 8.38. The third kappa shape index (κ3) is 1.61. The molecule has 1 saturated heterocycles. The lowest BCUT2D eigenvalue weighted by Gasteiger charge is -2.22. The van der Waals surface area contributed by atoms with Gasteiger partial charge in [-0.25, -0.2) is 4.98 Å². The van der Waals surface area contributed by atoms with Gasteiger partial charge >= 0.3 is 0 Å². The Hall–Kier alpha value is -0.830. The summed E-state index contributed by atoms with van der Waals surface area (Å²) in [5.74, 6) is 1.83. The molecule has 0 spiro atoms. The van der Waals surface area contributed by atoms with Gasteiger partial charge < -0.3 is 9.88 Å². The molecule has 1 fully saturated rings. The predicted octanol–water partition coefficient (Wildman–Crippen LogP) is 1.20. The van der Waals surface area contributed by atoms with Crippen LogP contribution in [-0.2, 0) is 7.05 Å². The van der Waals surface area contributed by atoms with E-state index in [0.29, 0.717) is 5.92 Å². The highest BCUT2D eigenvalue weighted by Gasteiger charge is 2.18. The number of imidazole rings is 1. The molecule has 0 aromatic carbocycles. The Morgan fingerprint density at radius 3 is 2.69 bits per heavy atom. The summed E-state index contributed by atoms with van der Waals surface area (Å²) in [5.41, 5.74) is 1.40. The summed E-state index contributed by atoms with van der Waals surface area (Å²) in [7, 11) is 2.11. The Bertz CT molecular complexity index is 284. The standard InChI is InChI=1S/C10H17N3/c1-8-12-7-10(13(8)2)9-3-5-11-6-4-9/h7,9,11H,3-6H2,1-2H3. The molecule has 0 saturated carbocycles. The van der Waals surface area contributed by atoms with Crippen LogP contribution in [0, 0.1) is 6.92 Å². The molecule has 3 heteroatoms. The van der Waals surface area contributed by atoms with Crippen molar-refractivity contribution in [3.63, 3.8) is 0 Å². The van der Waals surface area contributed by atoms with Crippen molar-refractivity contribution in [3.05, 3.63) is 17.7 Å². The summed E-state index contributed by atoms with van der Waals surface area (Å²) in [5, 5.41) is 3.38. The second-order valence-electron chi connectivity index (χ2n) is 3.81. The number of aromatic nitrogens is 2. The maximum Gasteiger partial charge on any atom is 0.105 e. The first-order valence-corrected chi connectivity index (χ1v) is 4.98. The molecule has 72 valence electrons. The molecular formula is C10H17N3. The van der Waals surface area contributed by atoms with Gasteiger partial charge in [0, 0.05) is 24.9 Å². The Kier molecular flexibility index (Phi) is 2.36. The molecule has 1 aromatic rings. The molecule has 2 rings (SSSR count). The van der Waals surface area contributed by atoms with E-state index in [1.165, 1.54) is 18.5 Å². The van der Waals surface area contributed by atoms with Crippen LogP contribution in [0.15, 0.2) is 6.20 Å². The third-order valence-corrected chi connectivity index (χ3v) is 3.01. The van der Waals surface area contributed by atoms with Crippen LogP contribution < -0.4 is 5.32 Å². The molecule has 0 bridgehead atoms. The van der Waals surface area contributed by atoms with Crippen LogP contribution in [0.25, 0.3) is 0 Å². The summed E-state index contributed by atoms with van der Waals surface area (Å²) < 4.78 is 2.22. The van der Waals surface area contributed by atoms with Crippen LogP contribution in [0.5, 0.6) is 0 Å². The number of aryl methyl sites for hydroxylation is 1. The summed E-state index contributed by atoms with van der Waals surface area (Å²) in [4.78, 5) is 4.33. The zero-order valence-electron chi connectivity index (χ0n) is 8.38. The summed E-state index contributed by atoms with van der Waals surface area (Å²) in [6.45, 7) is 4.36. The lowest BCUT2D eigenvalue weighted by atomic mass is 9.95. The summed E-state index contributed by atoms with van der Waals surface area (Å²) in [6, 6.07) is 0. The SMILES string of the molecule is Cc1ncc(C2CCNCC2)n1C. The van der Waals surface area contributed by atoms with Gasteiger partial charge in [0.25, 0.3) is 0 Å². The van der Waals surface area contributed by atoms with Crippen LogP contribution in [0.1, 0.15) is 30.3 Å². The quantitative estimate of drug-likeness (QED) is 0.702. The van der Waals surface area contributed by atoms with E-state index in [1.54, 1.807) is 0 Å². The van der Waals surface area contributed by atoms with E-state index in [1.807, 2.05) is 6.20 Å². The monoisotopic (exact) mass is 179 g/mol. The maximum atomic E-state index is 4.33. The van der Waals surface area contributed by atoms with Crippen LogP contribution in [0.3, 0.4) is 0 Å². The number of hydrogen-bond acceptors (Lipinski definition) is 2. The highest BCUT2D eigenvalue weighted by Crippen LogP contribution is 2.24. The van der Waals surface area contributed by atoms with Crippen molar-refractivity contribution in [2.45, 2.75) is 25.7 Å². The first-order valence-electron chi connectivity index (χ1n) is 4.98. The fraction of sp³-hybridized carbons (Fsp3) is 0.700. The fourth-order valence-corrected chi connectivity index (χ4v) is 2.02. The lowest BCUT2D eigenvalue weighted by molar-refractivity contribution is 0.444. The molecule has 3 nitrogen and oxygen atoms in total. The predicted molar refractivity (Wildman–Crippen MR) is 52.8 cm³/mol. The van der Waals surface area contributed by atoms with Gasteiger partial charge in [-0.1, -0.05) is 0 Å². The smallest absolute Gasteiger partial charge is 0.105 e. The van der Waals surface area contributed by atoms with Crippen molar-refractivity contribution in [2.75, 3.05) is 13.1 Å². The second kappa shape index (κ2) is 3.50. The van der Waals surface area contributed by atoms with E-state index in [0.717, 1.165) is 18.9 Å². The normalized spacial score (nSPS) is 19.2. The van der Waals surface area contributed by atoms with E-state index in [-0.39, 0.29) is 0 Å². The minimum absolute atomic E-state index is 0.715. The minimum Gasteiger partial charge on any atom is -0.335 e. The van der Waals surface area contributed by atoms with Crippen LogP contribution in [0.2, 0.25) is 0 Å². The average molecular weight is 179 g/mol. The van der Waals surface area contributed by atoms with Crippen LogP contribution >= 0.6 is 0 Å². The van der Waals surface area contributed by atoms with Crippen LogP contribution in [0.4, 0.5) is 0 Å². The van der Waals surface area contributed by atoms with Gasteiger partial charge in [-0.05, 0) is 32.9 Å². The van der Waals surface area contributed by atoms with Gasteiger partial charge in [-0.2, -0.15) is 0 Å². The fourth-order valence-electron chi connectivity index (χ4n) is 2.02. The molecule has 0 aliphatic carbocycles.